The second kappa shape index (κ2) is 10.4. The fraction of sp³-hybridized carbons (Fsp3) is 0.579. The summed E-state index contributed by atoms with van der Waals surface area (Å²) in [6.07, 6.45) is 14.2. The van der Waals surface area contributed by atoms with Gasteiger partial charge in [-0.1, -0.05) is 57.9 Å². The van der Waals surface area contributed by atoms with Crippen molar-refractivity contribution in [1.82, 2.24) is 4.98 Å². The smallest absolute Gasteiger partial charge is 0.191 e. The van der Waals surface area contributed by atoms with Gasteiger partial charge in [0.05, 0.1) is 0 Å². The average Bonchev–Trinajstić information content (AvgIpc) is 2.96. The Hall–Kier alpha value is -1.42. The van der Waals surface area contributed by atoms with E-state index in [4.69, 9.17) is 5.73 Å². The third-order valence-electron chi connectivity index (χ3n) is 4.22. The third-order valence-corrected chi connectivity index (χ3v) is 4.95. The Bertz CT molecular complexity index is 565. The topological polar surface area (TPSA) is 42.8 Å². The molecule has 2 heterocycles. The van der Waals surface area contributed by atoms with Gasteiger partial charge in [-0.15, -0.1) is 11.3 Å². The largest absolute Gasteiger partial charge is 0.375 e. The first-order valence-electron chi connectivity index (χ1n) is 8.97. The molecule has 0 fully saturated rings. The molecule has 3 nitrogen and oxygen atoms in total. The lowest BCUT2D eigenvalue weighted by molar-refractivity contribution is -0.696. The fourth-order valence-electron chi connectivity index (χ4n) is 2.90. The van der Waals surface area contributed by atoms with Crippen LogP contribution in [-0.2, 0) is 13.0 Å². The number of rotatable bonds is 11. The Morgan fingerprint density at radius 2 is 1.78 bits per heavy atom. The molecule has 0 aliphatic rings. The molecule has 0 bridgehead atoms. The van der Waals surface area contributed by atoms with Gasteiger partial charge in [-0.05, 0) is 6.42 Å². The van der Waals surface area contributed by atoms with Crippen LogP contribution in [0.15, 0.2) is 29.8 Å². The molecule has 23 heavy (non-hydrogen) atoms. The SMILES string of the molecule is CCCCCCCCCCc1cccc[n+]1Cc1csc(N)n1. The van der Waals surface area contributed by atoms with Crippen LogP contribution in [-0.4, -0.2) is 4.98 Å². The Balaban J connectivity index is 1.72. The summed E-state index contributed by atoms with van der Waals surface area (Å²) in [7, 11) is 0. The maximum Gasteiger partial charge on any atom is 0.191 e. The lowest BCUT2D eigenvalue weighted by Crippen LogP contribution is -2.38. The molecule has 126 valence electrons. The number of thiazole rings is 1. The Labute approximate surface area is 144 Å². The number of aryl methyl sites for hydroxylation is 1. The highest BCUT2D eigenvalue weighted by atomic mass is 32.1. The van der Waals surface area contributed by atoms with Crippen LogP contribution in [0.2, 0.25) is 0 Å². The van der Waals surface area contributed by atoms with Crippen molar-refractivity contribution in [1.29, 1.82) is 0 Å². The summed E-state index contributed by atoms with van der Waals surface area (Å²) >= 11 is 1.52. The van der Waals surface area contributed by atoms with Crippen LogP contribution in [0.5, 0.6) is 0 Å². The zero-order valence-electron chi connectivity index (χ0n) is 14.3. The first-order chi connectivity index (χ1) is 11.3. The molecule has 0 unspecified atom stereocenters. The van der Waals surface area contributed by atoms with Crippen LogP contribution >= 0.6 is 11.3 Å². The highest BCUT2D eigenvalue weighted by Crippen LogP contribution is 2.12. The van der Waals surface area contributed by atoms with Gasteiger partial charge in [-0.2, -0.15) is 4.57 Å². The van der Waals surface area contributed by atoms with Crippen molar-refractivity contribution in [3.8, 4) is 0 Å². The Morgan fingerprint density at radius 3 is 2.48 bits per heavy atom. The van der Waals surface area contributed by atoms with Crippen molar-refractivity contribution in [2.75, 3.05) is 5.73 Å². The number of anilines is 1. The highest BCUT2D eigenvalue weighted by Gasteiger charge is 2.12. The van der Waals surface area contributed by atoms with Gasteiger partial charge < -0.3 is 5.73 Å². The molecule has 0 saturated carbocycles. The zero-order chi connectivity index (χ0) is 16.3. The Kier molecular flexibility index (Phi) is 8.08. The molecular formula is C19H30N3S+. The molecule has 0 spiro atoms. The van der Waals surface area contributed by atoms with Crippen LogP contribution in [0.4, 0.5) is 5.13 Å². The highest BCUT2D eigenvalue weighted by molar-refractivity contribution is 7.13. The molecule has 0 aliphatic carbocycles. The lowest BCUT2D eigenvalue weighted by Gasteiger charge is -2.03. The van der Waals surface area contributed by atoms with Crippen LogP contribution in [0.1, 0.15) is 69.7 Å². The van der Waals surface area contributed by atoms with Gasteiger partial charge >= 0.3 is 0 Å². The van der Waals surface area contributed by atoms with Crippen molar-refractivity contribution in [3.05, 3.63) is 41.2 Å². The predicted molar refractivity (Wildman–Crippen MR) is 98.6 cm³/mol. The standard InChI is InChI=1S/C19H30N3S/c1-2-3-4-5-6-7-8-9-12-18-13-10-11-14-22(18)15-17-16-23-19(20)21-17/h10-11,13-14,16H,2-9,12,15H2,1H3,(H2,20,21)/q+1. The van der Waals surface area contributed by atoms with Gasteiger partial charge in [0.1, 0.15) is 5.69 Å². The normalized spacial score (nSPS) is 11.0. The molecule has 0 saturated heterocycles. The van der Waals surface area contributed by atoms with Crippen LogP contribution in [0, 0.1) is 0 Å². The second-order valence-corrected chi connectivity index (χ2v) is 7.11. The van der Waals surface area contributed by atoms with Crippen molar-refractivity contribution < 1.29 is 4.57 Å². The summed E-state index contributed by atoms with van der Waals surface area (Å²) in [5.41, 5.74) is 8.18. The number of unbranched alkanes of at least 4 members (excludes halogenated alkanes) is 7. The molecule has 0 aromatic carbocycles. The molecule has 4 heteroatoms. The number of aromatic nitrogens is 2. The van der Waals surface area contributed by atoms with Gasteiger partial charge in [0.2, 0.25) is 0 Å². The number of nitrogen functional groups attached to an aromatic ring is 1. The van der Waals surface area contributed by atoms with Gasteiger partial charge in [-0.25, -0.2) is 4.98 Å². The lowest BCUT2D eigenvalue weighted by atomic mass is 10.1. The molecule has 2 aromatic heterocycles. The van der Waals surface area contributed by atoms with Crippen molar-refractivity contribution in [3.63, 3.8) is 0 Å². The van der Waals surface area contributed by atoms with E-state index in [0.29, 0.717) is 5.13 Å². The zero-order valence-corrected chi connectivity index (χ0v) is 15.2. The molecule has 2 N–H and O–H groups in total. The summed E-state index contributed by atoms with van der Waals surface area (Å²) in [6.45, 7) is 3.09. The summed E-state index contributed by atoms with van der Waals surface area (Å²) < 4.78 is 2.30. The van der Waals surface area contributed by atoms with Crippen LogP contribution in [0.25, 0.3) is 0 Å². The van der Waals surface area contributed by atoms with E-state index in [1.165, 1.54) is 68.4 Å². The molecule has 0 amide bonds. The van der Waals surface area contributed by atoms with Gasteiger partial charge in [0.15, 0.2) is 23.6 Å². The maximum absolute atomic E-state index is 5.73. The number of nitrogens with zero attached hydrogens (tertiary/aromatic N) is 2. The molecule has 0 aliphatic heterocycles. The van der Waals surface area contributed by atoms with E-state index in [9.17, 15) is 0 Å². The molecular weight excluding hydrogens is 302 g/mol. The van der Waals surface area contributed by atoms with E-state index < -0.39 is 0 Å². The Morgan fingerprint density at radius 1 is 1.04 bits per heavy atom. The minimum Gasteiger partial charge on any atom is -0.375 e. The number of hydrogen-bond acceptors (Lipinski definition) is 3. The molecule has 2 aromatic rings. The minimum absolute atomic E-state index is 0.654. The minimum atomic E-state index is 0.654. The van der Waals surface area contributed by atoms with E-state index in [2.05, 4.69) is 46.3 Å². The van der Waals surface area contributed by atoms with E-state index in [-0.39, 0.29) is 0 Å². The fourth-order valence-corrected chi connectivity index (χ4v) is 3.46. The monoisotopic (exact) mass is 332 g/mol. The van der Waals surface area contributed by atoms with E-state index in [0.717, 1.165) is 18.7 Å². The summed E-state index contributed by atoms with van der Waals surface area (Å²) in [5, 5.41) is 2.70. The van der Waals surface area contributed by atoms with Crippen molar-refractivity contribution >= 4 is 16.5 Å². The van der Waals surface area contributed by atoms with Gasteiger partial charge in [0.25, 0.3) is 0 Å². The second-order valence-electron chi connectivity index (χ2n) is 6.22. The number of nitrogens with two attached hydrogens (primary N) is 1. The average molecular weight is 333 g/mol. The van der Waals surface area contributed by atoms with Crippen LogP contribution < -0.4 is 10.3 Å². The third kappa shape index (κ3) is 6.69. The summed E-state index contributed by atoms with van der Waals surface area (Å²) in [6, 6.07) is 6.45. The predicted octanol–water partition coefficient (Wildman–Crippen LogP) is 4.74. The quantitative estimate of drug-likeness (QED) is 0.477. The maximum atomic E-state index is 5.73. The van der Waals surface area contributed by atoms with Gasteiger partial charge in [0, 0.05) is 23.9 Å². The molecule has 0 atom stereocenters. The van der Waals surface area contributed by atoms with Crippen molar-refractivity contribution in [2.45, 2.75) is 71.3 Å². The van der Waals surface area contributed by atoms with E-state index in [1.54, 1.807) is 0 Å². The first-order valence-corrected chi connectivity index (χ1v) is 9.84. The number of pyridine rings is 1. The number of hydrogen-bond donors (Lipinski definition) is 1. The van der Waals surface area contributed by atoms with Crippen molar-refractivity contribution in [2.24, 2.45) is 0 Å². The van der Waals surface area contributed by atoms with E-state index >= 15 is 0 Å². The summed E-state index contributed by atoms with van der Waals surface area (Å²) in [4.78, 5) is 4.37. The summed E-state index contributed by atoms with van der Waals surface area (Å²) in [5.74, 6) is 0. The molecule has 0 radical (unpaired) electrons. The van der Waals surface area contributed by atoms with Crippen LogP contribution in [0.3, 0.4) is 0 Å². The molecule has 2 rings (SSSR count). The van der Waals surface area contributed by atoms with Gasteiger partial charge in [-0.3, -0.25) is 0 Å². The first kappa shape index (κ1) is 17.9. The van der Waals surface area contributed by atoms with E-state index in [1.807, 2.05) is 0 Å².